The molecule has 0 fully saturated rings. The third-order valence-electron chi connectivity index (χ3n) is 1.72. The number of nitrogens with one attached hydrogen (secondary N) is 3. The van der Waals surface area contributed by atoms with Gasteiger partial charge >= 0.3 is 10.4 Å². The summed E-state index contributed by atoms with van der Waals surface area (Å²) in [6.07, 6.45) is 0. The van der Waals surface area contributed by atoms with Gasteiger partial charge in [-0.3, -0.25) is 9.96 Å². The maximum Gasteiger partial charge on any atom is 0.397 e. The van der Waals surface area contributed by atoms with E-state index >= 15 is 0 Å². The van der Waals surface area contributed by atoms with Crippen LogP contribution in [0.15, 0.2) is 30.3 Å². The fourth-order valence-corrected chi connectivity index (χ4v) is 1.13. The van der Waals surface area contributed by atoms with Crippen molar-refractivity contribution in [3.05, 3.63) is 35.9 Å². The predicted octanol–water partition coefficient (Wildman–Crippen LogP) is 0.366. The molecule has 8 heteroatoms. The molecule has 102 valence electrons. The first-order valence-electron chi connectivity index (χ1n) is 4.99. The van der Waals surface area contributed by atoms with E-state index in [9.17, 15) is 8.42 Å². The van der Waals surface area contributed by atoms with Crippen LogP contribution in [0.1, 0.15) is 5.56 Å². The van der Waals surface area contributed by atoms with E-state index in [4.69, 9.17) is 9.96 Å². The van der Waals surface area contributed by atoms with E-state index in [1.54, 1.807) is 44.4 Å². The third-order valence-corrected chi connectivity index (χ3v) is 2.13. The highest BCUT2D eigenvalue weighted by Crippen LogP contribution is 2.01. The van der Waals surface area contributed by atoms with Crippen LogP contribution in [0.25, 0.3) is 0 Å². The lowest BCUT2D eigenvalue weighted by Gasteiger charge is -1.98. The Morgan fingerprint density at radius 1 is 1.28 bits per heavy atom. The molecule has 1 rings (SSSR count). The van der Waals surface area contributed by atoms with E-state index in [1.165, 1.54) is 0 Å². The molecule has 1 aromatic carbocycles. The molecule has 0 radical (unpaired) electrons. The van der Waals surface area contributed by atoms with Crippen LogP contribution >= 0.6 is 0 Å². The zero-order chi connectivity index (χ0) is 14.0. The lowest BCUT2D eigenvalue weighted by atomic mass is 10.2. The summed E-state index contributed by atoms with van der Waals surface area (Å²) < 4.78 is 32.6. The summed E-state index contributed by atoms with van der Waals surface area (Å²) in [6.45, 7) is -0.139. The van der Waals surface area contributed by atoms with Crippen LogP contribution in [0.3, 0.4) is 0 Å². The molecule has 0 aliphatic heterocycles. The van der Waals surface area contributed by atoms with Crippen LogP contribution in [-0.4, -0.2) is 33.0 Å². The molecule has 0 saturated heterocycles. The Balaban J connectivity index is 0.000000411. The summed E-state index contributed by atoms with van der Waals surface area (Å²) in [4.78, 5) is 0. The Morgan fingerprint density at radius 3 is 2.11 bits per heavy atom. The molecule has 0 spiro atoms. The molecule has 1 aromatic rings. The molecule has 0 aromatic heterocycles. The van der Waals surface area contributed by atoms with Crippen LogP contribution in [-0.2, 0) is 21.2 Å². The number of benzene rings is 1. The molecule has 0 saturated carbocycles. The smallest absolute Gasteiger partial charge is 0.360 e. The number of guanidine groups is 1. The summed E-state index contributed by atoms with van der Waals surface area (Å²) in [5.41, 5.74) is 0.690. The lowest BCUT2D eigenvalue weighted by Crippen LogP contribution is -2.29. The summed E-state index contributed by atoms with van der Waals surface area (Å²) >= 11 is 0. The van der Waals surface area contributed by atoms with E-state index in [2.05, 4.69) is 14.8 Å². The van der Waals surface area contributed by atoms with Gasteiger partial charge in [-0.2, -0.15) is 8.42 Å². The van der Waals surface area contributed by atoms with Gasteiger partial charge in [0.15, 0.2) is 5.96 Å². The van der Waals surface area contributed by atoms with Crippen molar-refractivity contribution in [3.63, 3.8) is 0 Å². The average Bonchev–Trinajstić information content (AvgIpc) is 2.36. The summed E-state index contributed by atoms with van der Waals surface area (Å²) in [6, 6.07) is 8.71. The normalized spacial score (nSPS) is 9.94. The Bertz CT molecular complexity index is 441. The third kappa shape index (κ3) is 9.58. The molecule has 0 unspecified atom stereocenters. The van der Waals surface area contributed by atoms with E-state index in [0.29, 0.717) is 11.5 Å². The minimum absolute atomic E-state index is 0.139. The number of hydrogen-bond donors (Lipinski definition) is 4. The first kappa shape index (κ1) is 16.4. The van der Waals surface area contributed by atoms with Gasteiger partial charge in [0.1, 0.15) is 0 Å². The fraction of sp³-hybridized carbons (Fsp3) is 0.300. The topological polar surface area (TPSA) is 112 Å². The molecule has 0 bridgehead atoms. The largest absolute Gasteiger partial charge is 0.397 e. The van der Waals surface area contributed by atoms with E-state index < -0.39 is 10.4 Å². The standard InChI is InChI=1S/C7H8O4S.C3H9N3/c8-12(9,10)11-6-7-4-2-1-3-5-7;1-5-3(4)6-2/h1-5H,6H2,(H,8,9,10);1-2H3,(H3,4,5,6). The van der Waals surface area contributed by atoms with Crippen molar-refractivity contribution in [2.24, 2.45) is 0 Å². The predicted molar refractivity (Wildman–Crippen MR) is 68.6 cm³/mol. The van der Waals surface area contributed by atoms with Crippen LogP contribution in [0.2, 0.25) is 0 Å². The van der Waals surface area contributed by atoms with E-state index in [0.717, 1.165) is 0 Å². The highest BCUT2D eigenvalue weighted by Gasteiger charge is 2.03. The summed E-state index contributed by atoms with van der Waals surface area (Å²) in [7, 11) is -0.936. The van der Waals surface area contributed by atoms with Crippen LogP contribution in [0, 0.1) is 5.41 Å². The first-order valence-corrected chi connectivity index (χ1v) is 6.35. The quantitative estimate of drug-likeness (QED) is 0.360. The average molecular weight is 275 g/mol. The lowest BCUT2D eigenvalue weighted by molar-refractivity contribution is 0.259. The van der Waals surface area contributed by atoms with Crippen molar-refractivity contribution >= 4 is 16.4 Å². The Labute approximate surface area is 107 Å². The Morgan fingerprint density at radius 2 is 1.78 bits per heavy atom. The molecule has 7 nitrogen and oxygen atoms in total. The van der Waals surface area contributed by atoms with Gasteiger partial charge in [-0.25, -0.2) is 4.18 Å². The number of hydrogen-bond acceptors (Lipinski definition) is 4. The molecular weight excluding hydrogens is 258 g/mol. The number of rotatable bonds is 3. The van der Waals surface area contributed by atoms with Gasteiger partial charge in [-0.1, -0.05) is 30.3 Å². The highest BCUT2D eigenvalue weighted by atomic mass is 32.3. The van der Waals surface area contributed by atoms with E-state index in [1.807, 2.05) is 0 Å². The zero-order valence-electron chi connectivity index (χ0n) is 10.2. The van der Waals surface area contributed by atoms with Crippen molar-refractivity contribution in [1.29, 1.82) is 5.41 Å². The molecule has 0 aliphatic rings. The molecular formula is C10H17N3O4S. The van der Waals surface area contributed by atoms with Gasteiger partial charge in [-0.05, 0) is 5.56 Å². The molecule has 0 heterocycles. The first-order chi connectivity index (χ1) is 8.39. The van der Waals surface area contributed by atoms with Crippen molar-refractivity contribution in [3.8, 4) is 0 Å². The van der Waals surface area contributed by atoms with Gasteiger partial charge in [0, 0.05) is 14.1 Å². The SMILES string of the molecule is CNC(=N)NC.O=S(=O)(O)OCc1ccccc1. The molecule has 0 amide bonds. The van der Waals surface area contributed by atoms with Gasteiger partial charge in [0.2, 0.25) is 0 Å². The second-order valence-corrected chi connectivity index (χ2v) is 4.14. The molecule has 0 atom stereocenters. The van der Waals surface area contributed by atoms with Gasteiger partial charge in [-0.15, -0.1) is 0 Å². The van der Waals surface area contributed by atoms with Crippen molar-refractivity contribution in [2.45, 2.75) is 6.61 Å². The molecule has 4 N–H and O–H groups in total. The summed E-state index contributed by atoms with van der Waals surface area (Å²) in [5.74, 6) is 0.343. The van der Waals surface area contributed by atoms with Gasteiger partial charge < -0.3 is 10.6 Å². The Kier molecular flexibility index (Phi) is 7.68. The highest BCUT2D eigenvalue weighted by molar-refractivity contribution is 7.80. The monoisotopic (exact) mass is 275 g/mol. The minimum Gasteiger partial charge on any atom is -0.360 e. The van der Waals surface area contributed by atoms with E-state index in [-0.39, 0.29) is 6.61 Å². The second-order valence-electron chi connectivity index (χ2n) is 3.05. The van der Waals surface area contributed by atoms with Gasteiger partial charge in [0.05, 0.1) is 6.61 Å². The second kappa shape index (κ2) is 8.45. The molecule has 0 aliphatic carbocycles. The van der Waals surface area contributed by atoms with Gasteiger partial charge in [0.25, 0.3) is 0 Å². The van der Waals surface area contributed by atoms with Crippen molar-refractivity contribution < 1.29 is 17.2 Å². The maximum absolute atomic E-state index is 10.1. The Hall–Kier alpha value is -1.64. The van der Waals surface area contributed by atoms with Crippen molar-refractivity contribution in [1.82, 2.24) is 10.6 Å². The van der Waals surface area contributed by atoms with Crippen LogP contribution in [0.4, 0.5) is 0 Å². The zero-order valence-corrected chi connectivity index (χ0v) is 11.0. The van der Waals surface area contributed by atoms with Crippen LogP contribution in [0.5, 0.6) is 0 Å². The summed E-state index contributed by atoms with van der Waals surface area (Å²) in [5, 5.41) is 11.9. The fourth-order valence-electron chi connectivity index (χ4n) is 0.842. The minimum atomic E-state index is -4.32. The molecule has 18 heavy (non-hydrogen) atoms. The van der Waals surface area contributed by atoms with Crippen molar-refractivity contribution in [2.75, 3.05) is 14.1 Å². The van der Waals surface area contributed by atoms with Crippen LogP contribution < -0.4 is 10.6 Å². The maximum atomic E-state index is 10.1.